The van der Waals surface area contributed by atoms with Gasteiger partial charge in [-0.15, -0.1) is 0 Å². The molecule has 3 nitrogen and oxygen atoms in total. The third kappa shape index (κ3) is 2.39. The summed E-state index contributed by atoms with van der Waals surface area (Å²) in [4.78, 5) is 12.6. The van der Waals surface area contributed by atoms with Gasteiger partial charge in [0, 0.05) is 17.5 Å². The van der Waals surface area contributed by atoms with Crippen molar-refractivity contribution in [2.45, 2.75) is 39.5 Å². The zero-order valence-electron chi connectivity index (χ0n) is 12.2. The summed E-state index contributed by atoms with van der Waals surface area (Å²) in [5.41, 5.74) is 8.36. The van der Waals surface area contributed by atoms with Crippen LogP contribution in [0.4, 0.5) is 0 Å². The molecule has 0 spiro atoms. The summed E-state index contributed by atoms with van der Waals surface area (Å²) in [7, 11) is 1.67. The fourth-order valence-electron chi connectivity index (χ4n) is 2.53. The second kappa shape index (κ2) is 4.97. The average Bonchev–Trinajstić information content (AvgIpc) is 3.18. The Bertz CT molecular complexity index is 502. The number of aryl methyl sites for hydroxylation is 1. The number of Topliss-reactive ketones (excluding diaryl/α,β-unsaturated/α-hetero) is 1. The van der Waals surface area contributed by atoms with Gasteiger partial charge in [-0.3, -0.25) is 4.79 Å². The zero-order valence-corrected chi connectivity index (χ0v) is 12.2. The van der Waals surface area contributed by atoms with Crippen molar-refractivity contribution in [2.75, 3.05) is 13.7 Å². The molecule has 0 aliphatic heterocycles. The third-order valence-electron chi connectivity index (χ3n) is 4.17. The molecule has 0 heterocycles. The lowest BCUT2D eigenvalue weighted by Crippen LogP contribution is -2.26. The lowest BCUT2D eigenvalue weighted by atomic mass is 9.88. The first-order chi connectivity index (χ1) is 8.95. The van der Waals surface area contributed by atoms with Gasteiger partial charge in [-0.25, -0.2) is 0 Å². The summed E-state index contributed by atoms with van der Waals surface area (Å²) < 4.78 is 5.41. The van der Waals surface area contributed by atoms with E-state index in [9.17, 15) is 4.79 Å². The highest BCUT2D eigenvalue weighted by atomic mass is 16.5. The van der Waals surface area contributed by atoms with Gasteiger partial charge in [0.2, 0.25) is 0 Å². The minimum absolute atomic E-state index is 0.206. The highest BCUT2D eigenvalue weighted by Crippen LogP contribution is 2.48. The van der Waals surface area contributed by atoms with E-state index in [4.69, 9.17) is 10.5 Å². The fourth-order valence-corrected chi connectivity index (χ4v) is 2.53. The summed E-state index contributed by atoms with van der Waals surface area (Å²) >= 11 is 0. The smallest absolute Gasteiger partial charge is 0.170 e. The van der Waals surface area contributed by atoms with Crippen molar-refractivity contribution in [1.82, 2.24) is 0 Å². The van der Waals surface area contributed by atoms with E-state index in [2.05, 4.69) is 13.8 Å². The number of carbonyl (C=O) groups is 1. The molecule has 0 radical (unpaired) electrons. The summed E-state index contributed by atoms with van der Waals surface area (Å²) in [6, 6.07) is 3.96. The van der Waals surface area contributed by atoms with Gasteiger partial charge >= 0.3 is 0 Å². The molecule has 2 rings (SSSR count). The lowest BCUT2D eigenvalue weighted by Gasteiger charge is -2.18. The lowest BCUT2D eigenvalue weighted by molar-refractivity contribution is 0.0905. The van der Waals surface area contributed by atoms with Crippen LogP contribution >= 0.6 is 0 Å². The molecule has 2 N–H and O–H groups in total. The van der Waals surface area contributed by atoms with Crippen molar-refractivity contribution < 1.29 is 9.53 Å². The van der Waals surface area contributed by atoms with Crippen LogP contribution in [0.3, 0.4) is 0 Å². The normalized spacial score (nSPS) is 16.5. The van der Waals surface area contributed by atoms with Gasteiger partial charge in [-0.2, -0.15) is 0 Å². The van der Waals surface area contributed by atoms with Gasteiger partial charge in [0.1, 0.15) is 5.75 Å². The molecule has 1 aliphatic carbocycles. The maximum Gasteiger partial charge on any atom is 0.170 e. The number of carbonyl (C=O) groups excluding carboxylic acids is 1. The summed E-state index contributed by atoms with van der Waals surface area (Å²) in [5.74, 6) is 1.40. The van der Waals surface area contributed by atoms with E-state index in [-0.39, 0.29) is 11.2 Å². The number of hydrogen-bond donors (Lipinski definition) is 1. The number of ether oxygens (including phenoxy) is 1. The van der Waals surface area contributed by atoms with Gasteiger partial charge in [0.05, 0.1) is 7.11 Å². The predicted molar refractivity (Wildman–Crippen MR) is 76.9 cm³/mol. The van der Waals surface area contributed by atoms with Crippen LogP contribution in [-0.2, 0) is 0 Å². The number of nitrogens with two attached hydrogens (primary N) is 1. The first kappa shape index (κ1) is 14.1. The Hall–Kier alpha value is -1.35. The van der Waals surface area contributed by atoms with E-state index in [0.29, 0.717) is 12.5 Å². The average molecular weight is 261 g/mol. The van der Waals surface area contributed by atoms with Crippen LogP contribution in [-0.4, -0.2) is 19.4 Å². The minimum atomic E-state index is -0.284. The molecule has 0 bridgehead atoms. The van der Waals surface area contributed by atoms with Crippen LogP contribution in [0.25, 0.3) is 0 Å². The van der Waals surface area contributed by atoms with Crippen molar-refractivity contribution in [1.29, 1.82) is 0 Å². The van der Waals surface area contributed by atoms with Crippen molar-refractivity contribution in [2.24, 2.45) is 11.1 Å². The number of rotatable bonds is 5. The van der Waals surface area contributed by atoms with E-state index in [1.54, 1.807) is 7.11 Å². The molecule has 3 heteroatoms. The van der Waals surface area contributed by atoms with Crippen LogP contribution in [0.2, 0.25) is 0 Å². The van der Waals surface area contributed by atoms with Gasteiger partial charge in [0.25, 0.3) is 0 Å². The monoisotopic (exact) mass is 261 g/mol. The van der Waals surface area contributed by atoms with E-state index >= 15 is 0 Å². The Morgan fingerprint density at radius 1 is 1.42 bits per heavy atom. The zero-order chi connectivity index (χ0) is 14.2. The Morgan fingerprint density at radius 3 is 2.47 bits per heavy atom. The van der Waals surface area contributed by atoms with Crippen LogP contribution in [0.5, 0.6) is 5.75 Å². The van der Waals surface area contributed by atoms with Crippen molar-refractivity contribution in [3.8, 4) is 5.75 Å². The molecule has 19 heavy (non-hydrogen) atoms. The molecular formula is C16H23NO2. The molecule has 104 valence electrons. The van der Waals surface area contributed by atoms with Gasteiger partial charge < -0.3 is 10.5 Å². The standard InChI is InChI=1S/C16H23NO2/c1-10(2)12-8-13(11(3)7-14(12)19-4)15(18)16(9-17)5-6-16/h7-8,10H,5-6,9,17H2,1-4H3. The number of methoxy groups -OCH3 is 1. The molecule has 0 aromatic heterocycles. The third-order valence-corrected chi connectivity index (χ3v) is 4.17. The highest BCUT2D eigenvalue weighted by molar-refractivity contribution is 6.03. The van der Waals surface area contributed by atoms with Crippen LogP contribution in [0.1, 0.15) is 54.1 Å². The molecule has 1 aromatic rings. The first-order valence-electron chi connectivity index (χ1n) is 6.88. The summed E-state index contributed by atoms with van der Waals surface area (Å²) in [5, 5.41) is 0. The number of ketones is 1. The van der Waals surface area contributed by atoms with E-state index in [1.807, 2.05) is 19.1 Å². The SMILES string of the molecule is COc1cc(C)c(C(=O)C2(CN)CC2)cc1C(C)C. The quantitative estimate of drug-likeness (QED) is 0.829. The van der Waals surface area contributed by atoms with E-state index in [0.717, 1.165) is 35.3 Å². The van der Waals surface area contributed by atoms with Crippen molar-refractivity contribution in [3.63, 3.8) is 0 Å². The topological polar surface area (TPSA) is 52.3 Å². The Balaban J connectivity index is 2.46. The van der Waals surface area contributed by atoms with Crippen LogP contribution in [0, 0.1) is 12.3 Å². The second-order valence-corrected chi connectivity index (χ2v) is 5.88. The predicted octanol–water partition coefficient (Wildman–Crippen LogP) is 3.05. The maximum atomic E-state index is 12.6. The summed E-state index contributed by atoms with van der Waals surface area (Å²) in [6.07, 6.45) is 1.84. The molecule has 0 saturated heterocycles. The number of hydrogen-bond acceptors (Lipinski definition) is 3. The van der Waals surface area contributed by atoms with Gasteiger partial charge in [0.15, 0.2) is 5.78 Å². The fraction of sp³-hybridized carbons (Fsp3) is 0.562. The van der Waals surface area contributed by atoms with Crippen LogP contribution in [0.15, 0.2) is 12.1 Å². The Morgan fingerprint density at radius 2 is 2.05 bits per heavy atom. The Kier molecular flexibility index (Phi) is 3.68. The maximum absolute atomic E-state index is 12.6. The molecule has 0 amide bonds. The van der Waals surface area contributed by atoms with E-state index < -0.39 is 0 Å². The Labute approximate surface area is 115 Å². The summed E-state index contributed by atoms with van der Waals surface area (Å²) in [6.45, 7) is 6.63. The molecular weight excluding hydrogens is 238 g/mol. The van der Waals surface area contributed by atoms with Crippen LogP contribution < -0.4 is 10.5 Å². The molecule has 0 unspecified atom stereocenters. The molecule has 0 atom stereocenters. The van der Waals surface area contributed by atoms with Crippen molar-refractivity contribution in [3.05, 3.63) is 28.8 Å². The molecule has 1 fully saturated rings. The second-order valence-electron chi connectivity index (χ2n) is 5.88. The van der Waals surface area contributed by atoms with Gasteiger partial charge in [-0.05, 0) is 48.9 Å². The number of benzene rings is 1. The van der Waals surface area contributed by atoms with E-state index in [1.165, 1.54) is 0 Å². The largest absolute Gasteiger partial charge is 0.496 e. The van der Waals surface area contributed by atoms with Crippen molar-refractivity contribution >= 4 is 5.78 Å². The van der Waals surface area contributed by atoms with Gasteiger partial charge in [-0.1, -0.05) is 13.8 Å². The molecule has 1 aliphatic rings. The minimum Gasteiger partial charge on any atom is -0.496 e. The molecule has 1 aromatic carbocycles. The first-order valence-corrected chi connectivity index (χ1v) is 6.88. The molecule has 1 saturated carbocycles. The highest BCUT2D eigenvalue weighted by Gasteiger charge is 2.48.